The summed E-state index contributed by atoms with van der Waals surface area (Å²) in [4.78, 5) is 23.8. The Balaban J connectivity index is 1.31. The van der Waals surface area contributed by atoms with Gasteiger partial charge in [0.15, 0.2) is 0 Å². The van der Waals surface area contributed by atoms with Crippen molar-refractivity contribution in [2.75, 3.05) is 13.1 Å². The van der Waals surface area contributed by atoms with Crippen molar-refractivity contribution in [2.45, 2.75) is 31.8 Å². The van der Waals surface area contributed by atoms with E-state index in [9.17, 15) is 9.18 Å². The van der Waals surface area contributed by atoms with E-state index in [-0.39, 0.29) is 23.5 Å². The number of hydrogen-bond donors (Lipinski definition) is 1. The molecule has 0 bridgehead atoms. The quantitative estimate of drug-likeness (QED) is 0.737. The van der Waals surface area contributed by atoms with Gasteiger partial charge in [0, 0.05) is 42.9 Å². The highest BCUT2D eigenvalue weighted by atomic mass is 19.1. The van der Waals surface area contributed by atoms with E-state index >= 15 is 0 Å². The lowest BCUT2D eigenvalue weighted by atomic mass is 10.1. The van der Waals surface area contributed by atoms with Gasteiger partial charge in [0.25, 0.3) is 5.91 Å². The van der Waals surface area contributed by atoms with Crippen LogP contribution in [0.4, 0.5) is 4.39 Å². The first-order valence-electron chi connectivity index (χ1n) is 9.77. The van der Waals surface area contributed by atoms with E-state index in [4.69, 9.17) is 9.51 Å². The lowest BCUT2D eigenvalue weighted by Gasteiger charge is -2.27. The monoisotopic (exact) mass is 393 g/mol. The molecular weight excluding hydrogens is 373 g/mol. The van der Waals surface area contributed by atoms with Crippen LogP contribution in [0.3, 0.4) is 0 Å². The van der Waals surface area contributed by atoms with Crippen molar-refractivity contribution in [1.82, 2.24) is 25.3 Å². The molecule has 8 heteroatoms. The van der Waals surface area contributed by atoms with Crippen LogP contribution in [-0.2, 0) is 13.0 Å². The molecule has 2 aliphatic rings. The number of fused-ring (bicyclic) bond motifs is 1. The van der Waals surface area contributed by atoms with Crippen LogP contribution >= 0.6 is 0 Å². The van der Waals surface area contributed by atoms with E-state index in [1.807, 2.05) is 6.20 Å². The Morgan fingerprint density at radius 2 is 2.14 bits per heavy atom. The number of rotatable bonds is 3. The summed E-state index contributed by atoms with van der Waals surface area (Å²) in [6, 6.07) is 7.74. The average Bonchev–Trinajstić information content (AvgIpc) is 3.45. The number of halogens is 1. The molecule has 2 aliphatic heterocycles. The summed E-state index contributed by atoms with van der Waals surface area (Å²) in [5.74, 6) is 0.466. The van der Waals surface area contributed by atoms with E-state index in [2.05, 4.69) is 15.5 Å². The van der Waals surface area contributed by atoms with Crippen molar-refractivity contribution in [3.8, 4) is 11.3 Å². The predicted molar refractivity (Wildman–Crippen MR) is 102 cm³/mol. The molecule has 0 radical (unpaired) electrons. The number of carbonyl (C=O) groups is 1. The average molecular weight is 393 g/mol. The summed E-state index contributed by atoms with van der Waals surface area (Å²) in [6.45, 7) is 2.01. The minimum absolute atomic E-state index is 0.167. The number of hydrogen-bond acceptors (Lipinski definition) is 6. The molecule has 1 N–H and O–H groups in total. The van der Waals surface area contributed by atoms with Crippen LogP contribution in [0.2, 0.25) is 0 Å². The maximum atomic E-state index is 13.1. The molecule has 1 amide bonds. The summed E-state index contributed by atoms with van der Waals surface area (Å²) in [6.07, 6.45) is 4.72. The fraction of sp³-hybridized carbons (Fsp3) is 0.333. The summed E-state index contributed by atoms with van der Waals surface area (Å²) in [7, 11) is 0. The van der Waals surface area contributed by atoms with E-state index in [1.165, 1.54) is 12.1 Å². The van der Waals surface area contributed by atoms with Gasteiger partial charge in [-0.25, -0.2) is 14.4 Å². The van der Waals surface area contributed by atoms with E-state index in [0.717, 1.165) is 36.5 Å². The number of nitrogens with zero attached hydrogens (tertiary/aromatic N) is 4. The highest BCUT2D eigenvalue weighted by Gasteiger charge is 2.27. The SMILES string of the molecule is O=C(c1cc(-c2ccc(F)cc2)no1)N1CCc2nc([C@H]3CCCN3)ncc2C1. The molecule has 1 fully saturated rings. The second-order valence-corrected chi connectivity index (χ2v) is 7.41. The van der Waals surface area contributed by atoms with Crippen LogP contribution in [0.5, 0.6) is 0 Å². The van der Waals surface area contributed by atoms with Crippen LogP contribution in [0, 0.1) is 5.82 Å². The highest BCUT2D eigenvalue weighted by Crippen LogP contribution is 2.25. The van der Waals surface area contributed by atoms with Crippen molar-refractivity contribution in [2.24, 2.45) is 0 Å². The zero-order valence-electron chi connectivity index (χ0n) is 15.8. The van der Waals surface area contributed by atoms with Crippen molar-refractivity contribution in [3.05, 3.63) is 65.2 Å². The third-order valence-electron chi connectivity index (χ3n) is 5.47. The Morgan fingerprint density at radius 1 is 1.28 bits per heavy atom. The maximum absolute atomic E-state index is 13.1. The molecule has 3 aromatic rings. The number of amides is 1. The zero-order chi connectivity index (χ0) is 19.8. The van der Waals surface area contributed by atoms with Gasteiger partial charge in [-0.3, -0.25) is 4.79 Å². The van der Waals surface area contributed by atoms with Gasteiger partial charge in [0.2, 0.25) is 5.76 Å². The largest absolute Gasteiger partial charge is 0.350 e. The maximum Gasteiger partial charge on any atom is 0.292 e. The molecule has 1 atom stereocenters. The van der Waals surface area contributed by atoms with Crippen molar-refractivity contribution in [3.63, 3.8) is 0 Å². The fourth-order valence-corrected chi connectivity index (χ4v) is 3.87. The van der Waals surface area contributed by atoms with Crippen LogP contribution in [-0.4, -0.2) is 39.0 Å². The van der Waals surface area contributed by atoms with Gasteiger partial charge in [-0.1, -0.05) is 5.16 Å². The van der Waals surface area contributed by atoms with E-state index in [0.29, 0.717) is 30.8 Å². The zero-order valence-corrected chi connectivity index (χ0v) is 15.8. The van der Waals surface area contributed by atoms with Crippen molar-refractivity contribution < 1.29 is 13.7 Å². The Labute approximate surface area is 166 Å². The van der Waals surface area contributed by atoms with Gasteiger partial charge >= 0.3 is 0 Å². The Hall–Kier alpha value is -3.13. The van der Waals surface area contributed by atoms with Gasteiger partial charge in [0.1, 0.15) is 17.3 Å². The van der Waals surface area contributed by atoms with Crippen molar-refractivity contribution >= 4 is 5.91 Å². The summed E-state index contributed by atoms with van der Waals surface area (Å²) < 4.78 is 18.4. The molecule has 4 heterocycles. The molecule has 7 nitrogen and oxygen atoms in total. The molecule has 2 aromatic heterocycles. The lowest BCUT2D eigenvalue weighted by molar-refractivity contribution is 0.0691. The standard InChI is InChI=1S/C21H20FN5O2/c22-15-5-3-13(4-6-15)18-10-19(29-26-18)21(28)27-9-7-16-14(12-27)11-24-20(25-16)17-2-1-8-23-17/h3-6,10-11,17,23H,1-2,7-9,12H2/t17-/m1/s1. The molecule has 0 unspecified atom stereocenters. The van der Waals surface area contributed by atoms with Gasteiger partial charge in [-0.05, 0) is 43.7 Å². The fourth-order valence-electron chi connectivity index (χ4n) is 3.87. The summed E-state index contributed by atoms with van der Waals surface area (Å²) in [5.41, 5.74) is 3.17. The second kappa shape index (κ2) is 7.36. The molecule has 0 aliphatic carbocycles. The predicted octanol–water partition coefficient (Wildman–Crippen LogP) is 2.89. The van der Waals surface area contributed by atoms with E-state index in [1.54, 1.807) is 23.1 Å². The summed E-state index contributed by atoms with van der Waals surface area (Å²) >= 11 is 0. The minimum Gasteiger partial charge on any atom is -0.350 e. The molecular formula is C21H20FN5O2. The van der Waals surface area contributed by atoms with E-state index < -0.39 is 0 Å². The third-order valence-corrected chi connectivity index (χ3v) is 5.47. The van der Waals surface area contributed by atoms with Gasteiger partial charge < -0.3 is 14.7 Å². The first-order valence-corrected chi connectivity index (χ1v) is 9.77. The normalized spacial score (nSPS) is 18.7. The molecule has 148 valence electrons. The Bertz CT molecular complexity index is 1040. The van der Waals surface area contributed by atoms with Crippen LogP contribution < -0.4 is 5.32 Å². The van der Waals surface area contributed by atoms with Gasteiger partial charge in [-0.15, -0.1) is 0 Å². The van der Waals surface area contributed by atoms with Crippen LogP contribution in [0.1, 0.15) is 46.5 Å². The molecule has 0 spiro atoms. The molecule has 0 saturated carbocycles. The molecule has 1 aromatic carbocycles. The number of nitrogens with one attached hydrogen (secondary N) is 1. The second-order valence-electron chi connectivity index (χ2n) is 7.41. The Morgan fingerprint density at radius 3 is 2.93 bits per heavy atom. The third kappa shape index (κ3) is 3.51. The smallest absolute Gasteiger partial charge is 0.292 e. The minimum atomic E-state index is -0.324. The number of carbonyl (C=O) groups excluding carboxylic acids is 1. The topological polar surface area (TPSA) is 84.2 Å². The van der Waals surface area contributed by atoms with Gasteiger partial charge in [0.05, 0.1) is 11.7 Å². The Kier molecular flexibility index (Phi) is 4.55. The number of aromatic nitrogens is 3. The van der Waals surface area contributed by atoms with Crippen molar-refractivity contribution in [1.29, 1.82) is 0 Å². The highest BCUT2D eigenvalue weighted by molar-refractivity contribution is 5.92. The number of benzene rings is 1. The molecule has 1 saturated heterocycles. The van der Waals surface area contributed by atoms with Crippen LogP contribution in [0.15, 0.2) is 41.1 Å². The van der Waals surface area contributed by atoms with Crippen LogP contribution in [0.25, 0.3) is 11.3 Å². The molecule has 5 rings (SSSR count). The first kappa shape index (κ1) is 17.9. The summed E-state index contributed by atoms with van der Waals surface area (Å²) in [5, 5.41) is 7.37. The molecule has 29 heavy (non-hydrogen) atoms. The van der Waals surface area contributed by atoms with Gasteiger partial charge in [-0.2, -0.15) is 0 Å². The lowest BCUT2D eigenvalue weighted by Crippen LogP contribution is -2.36. The first-order chi connectivity index (χ1) is 14.2.